The number of nitrogens with zero attached hydrogens (tertiary/aromatic N) is 2. The second-order valence-corrected chi connectivity index (χ2v) is 3.68. The molecule has 1 aliphatic rings. The summed E-state index contributed by atoms with van der Waals surface area (Å²) in [5.41, 5.74) is 1.07. The van der Waals surface area contributed by atoms with Crippen molar-refractivity contribution in [3.63, 3.8) is 0 Å². The van der Waals surface area contributed by atoms with Crippen molar-refractivity contribution in [2.45, 2.75) is 40.5 Å². The first kappa shape index (κ1) is 12.0. The second-order valence-electron chi connectivity index (χ2n) is 3.68. The predicted molar refractivity (Wildman–Crippen MR) is 61.1 cm³/mol. The van der Waals surface area contributed by atoms with E-state index in [4.69, 9.17) is 4.74 Å². The molecule has 1 aromatic rings. The summed E-state index contributed by atoms with van der Waals surface area (Å²) in [5.74, 6) is 2.32. The van der Waals surface area contributed by atoms with Crippen LogP contribution in [0.5, 0.6) is 5.75 Å². The van der Waals surface area contributed by atoms with Gasteiger partial charge in [0.1, 0.15) is 5.82 Å². The largest absolute Gasteiger partial charge is 0.490 e. The molecule has 0 spiro atoms. The number of fused-ring (bicyclic) bond motifs is 1. The maximum absolute atomic E-state index is 5.59. The van der Waals surface area contributed by atoms with Crippen LogP contribution in [0.1, 0.15) is 38.7 Å². The van der Waals surface area contributed by atoms with Crippen molar-refractivity contribution in [1.82, 2.24) is 9.97 Å². The highest BCUT2D eigenvalue weighted by atomic mass is 16.5. The van der Waals surface area contributed by atoms with Crippen LogP contribution in [-0.4, -0.2) is 16.6 Å². The predicted octanol–water partition coefficient (Wildman–Crippen LogP) is 2.77. The molecule has 2 heterocycles. The van der Waals surface area contributed by atoms with E-state index in [2.05, 4.69) is 16.9 Å². The van der Waals surface area contributed by atoms with Gasteiger partial charge in [-0.25, -0.2) is 9.97 Å². The Balaban J connectivity index is 0.000000531. The molecular weight excluding hydrogens is 188 g/mol. The van der Waals surface area contributed by atoms with Gasteiger partial charge in [-0.05, 0) is 25.7 Å². The summed E-state index contributed by atoms with van der Waals surface area (Å²) in [7, 11) is 0. The first-order valence-electron chi connectivity index (χ1n) is 5.71. The van der Waals surface area contributed by atoms with Crippen molar-refractivity contribution < 1.29 is 4.74 Å². The van der Waals surface area contributed by atoms with Gasteiger partial charge in [-0.2, -0.15) is 0 Å². The van der Waals surface area contributed by atoms with E-state index in [0.29, 0.717) is 5.92 Å². The molecule has 84 valence electrons. The van der Waals surface area contributed by atoms with Crippen LogP contribution in [0.25, 0.3) is 0 Å². The van der Waals surface area contributed by atoms with Crippen LogP contribution < -0.4 is 4.74 Å². The van der Waals surface area contributed by atoms with E-state index in [1.165, 1.54) is 0 Å². The molecule has 0 aliphatic carbocycles. The van der Waals surface area contributed by atoms with Crippen LogP contribution >= 0.6 is 0 Å². The number of aromatic nitrogens is 2. The van der Waals surface area contributed by atoms with Crippen LogP contribution in [0.15, 0.2) is 6.20 Å². The summed E-state index contributed by atoms with van der Waals surface area (Å²) >= 11 is 0. The van der Waals surface area contributed by atoms with E-state index in [1.807, 2.05) is 20.8 Å². The Hall–Kier alpha value is -1.12. The molecule has 1 unspecified atom stereocenters. The Morgan fingerprint density at radius 1 is 1.40 bits per heavy atom. The zero-order valence-corrected chi connectivity index (χ0v) is 10.1. The number of aryl methyl sites for hydroxylation is 2. The molecule has 0 bridgehead atoms. The highest BCUT2D eigenvalue weighted by Crippen LogP contribution is 2.23. The molecule has 3 heteroatoms. The van der Waals surface area contributed by atoms with Gasteiger partial charge >= 0.3 is 0 Å². The van der Waals surface area contributed by atoms with Crippen LogP contribution in [0, 0.1) is 12.8 Å². The Morgan fingerprint density at radius 2 is 2.13 bits per heavy atom. The maximum atomic E-state index is 5.59. The molecule has 3 nitrogen and oxygen atoms in total. The summed E-state index contributed by atoms with van der Waals surface area (Å²) in [6.45, 7) is 8.90. The van der Waals surface area contributed by atoms with Crippen molar-refractivity contribution in [3.05, 3.63) is 17.7 Å². The van der Waals surface area contributed by atoms with Gasteiger partial charge in [0, 0.05) is 0 Å². The van der Waals surface area contributed by atoms with E-state index in [0.717, 1.165) is 36.7 Å². The molecule has 0 amide bonds. The smallest absolute Gasteiger partial charge is 0.159 e. The lowest BCUT2D eigenvalue weighted by Crippen LogP contribution is -2.05. The maximum Gasteiger partial charge on any atom is 0.159 e. The number of rotatable bonds is 0. The van der Waals surface area contributed by atoms with Crippen molar-refractivity contribution >= 4 is 0 Å². The fourth-order valence-corrected chi connectivity index (χ4v) is 1.50. The quantitative estimate of drug-likeness (QED) is 0.657. The van der Waals surface area contributed by atoms with Gasteiger partial charge in [0.15, 0.2) is 5.75 Å². The summed E-state index contributed by atoms with van der Waals surface area (Å²) in [4.78, 5) is 8.50. The summed E-state index contributed by atoms with van der Waals surface area (Å²) in [6, 6.07) is 0. The lowest BCUT2D eigenvalue weighted by atomic mass is 10.1. The van der Waals surface area contributed by atoms with Crippen molar-refractivity contribution in [1.29, 1.82) is 0 Å². The topological polar surface area (TPSA) is 35.0 Å². The Kier molecular flexibility index (Phi) is 4.53. The van der Waals surface area contributed by atoms with Gasteiger partial charge in [0.05, 0.1) is 18.5 Å². The van der Waals surface area contributed by atoms with Crippen LogP contribution in [0.3, 0.4) is 0 Å². The number of ether oxygens (including phenoxy) is 1. The molecule has 0 radical (unpaired) electrons. The monoisotopic (exact) mass is 208 g/mol. The molecule has 1 aliphatic heterocycles. The SMILES string of the molecule is CC.Cc1ncc2c(n1)CCC(C)CO2. The molecule has 1 aromatic heterocycles. The Labute approximate surface area is 91.9 Å². The molecular formula is C12H20N2O. The van der Waals surface area contributed by atoms with Crippen LogP contribution in [-0.2, 0) is 6.42 Å². The first-order chi connectivity index (χ1) is 7.25. The molecule has 0 fully saturated rings. The normalized spacial score (nSPS) is 19.1. The first-order valence-corrected chi connectivity index (χ1v) is 5.71. The average Bonchev–Trinajstić information content (AvgIpc) is 2.44. The van der Waals surface area contributed by atoms with Gasteiger partial charge in [0.25, 0.3) is 0 Å². The van der Waals surface area contributed by atoms with Crippen LogP contribution in [0.2, 0.25) is 0 Å². The minimum Gasteiger partial charge on any atom is -0.490 e. The van der Waals surface area contributed by atoms with Gasteiger partial charge < -0.3 is 4.74 Å². The zero-order valence-electron chi connectivity index (χ0n) is 10.1. The molecule has 0 aromatic carbocycles. The molecule has 0 saturated heterocycles. The van der Waals surface area contributed by atoms with E-state index < -0.39 is 0 Å². The second kappa shape index (κ2) is 5.69. The lowest BCUT2D eigenvalue weighted by molar-refractivity contribution is 0.264. The Morgan fingerprint density at radius 3 is 2.87 bits per heavy atom. The molecule has 15 heavy (non-hydrogen) atoms. The third-order valence-corrected chi connectivity index (χ3v) is 2.35. The van der Waals surface area contributed by atoms with Crippen LogP contribution in [0.4, 0.5) is 0 Å². The summed E-state index contributed by atoms with van der Waals surface area (Å²) in [5, 5.41) is 0. The number of hydrogen-bond acceptors (Lipinski definition) is 3. The average molecular weight is 208 g/mol. The molecule has 0 N–H and O–H groups in total. The molecule has 2 rings (SSSR count). The van der Waals surface area contributed by atoms with E-state index in [9.17, 15) is 0 Å². The molecule has 1 atom stereocenters. The van der Waals surface area contributed by atoms with E-state index >= 15 is 0 Å². The highest BCUT2D eigenvalue weighted by Gasteiger charge is 2.14. The lowest BCUT2D eigenvalue weighted by Gasteiger charge is -2.06. The zero-order chi connectivity index (χ0) is 11.3. The van der Waals surface area contributed by atoms with E-state index in [-0.39, 0.29) is 0 Å². The minimum absolute atomic E-state index is 0.620. The van der Waals surface area contributed by atoms with Crippen molar-refractivity contribution in [3.8, 4) is 5.75 Å². The standard InChI is InChI=1S/C10H14N2O.C2H6/c1-7-3-4-9-10(13-6-7)5-11-8(2)12-9;1-2/h5,7H,3-4,6H2,1-2H3;1-2H3. The van der Waals surface area contributed by atoms with Crippen molar-refractivity contribution in [2.24, 2.45) is 5.92 Å². The fourth-order valence-electron chi connectivity index (χ4n) is 1.50. The van der Waals surface area contributed by atoms with Gasteiger partial charge in [-0.1, -0.05) is 20.8 Å². The molecule has 0 saturated carbocycles. The van der Waals surface area contributed by atoms with Crippen molar-refractivity contribution in [2.75, 3.05) is 6.61 Å². The third-order valence-electron chi connectivity index (χ3n) is 2.35. The van der Waals surface area contributed by atoms with Gasteiger partial charge in [0.2, 0.25) is 0 Å². The minimum atomic E-state index is 0.620. The summed E-state index contributed by atoms with van der Waals surface area (Å²) < 4.78 is 5.59. The highest BCUT2D eigenvalue weighted by molar-refractivity contribution is 5.25. The van der Waals surface area contributed by atoms with E-state index in [1.54, 1.807) is 6.20 Å². The fraction of sp³-hybridized carbons (Fsp3) is 0.667. The van der Waals surface area contributed by atoms with Gasteiger partial charge in [-0.3, -0.25) is 0 Å². The third kappa shape index (κ3) is 3.18. The Bertz CT molecular complexity index is 312. The number of hydrogen-bond donors (Lipinski definition) is 0. The summed E-state index contributed by atoms with van der Waals surface area (Å²) in [6.07, 6.45) is 3.96. The van der Waals surface area contributed by atoms with Gasteiger partial charge in [-0.15, -0.1) is 0 Å².